The van der Waals surface area contributed by atoms with Crippen LogP contribution in [-0.4, -0.2) is 28.9 Å². The zero-order chi connectivity index (χ0) is 12.3. The van der Waals surface area contributed by atoms with Crippen LogP contribution >= 0.6 is 11.3 Å². The molecule has 1 atom stereocenters. The Morgan fingerprint density at radius 2 is 2.12 bits per heavy atom. The van der Waals surface area contributed by atoms with Gasteiger partial charge in [0.25, 0.3) is 0 Å². The molecule has 0 spiro atoms. The molecule has 17 heavy (non-hydrogen) atoms. The Kier molecular flexibility index (Phi) is 4.20. The molecule has 1 saturated carbocycles. The van der Waals surface area contributed by atoms with Gasteiger partial charge in [-0.05, 0) is 44.1 Å². The van der Waals surface area contributed by atoms with E-state index in [9.17, 15) is 10.2 Å². The van der Waals surface area contributed by atoms with Gasteiger partial charge in [-0.25, -0.2) is 0 Å². The van der Waals surface area contributed by atoms with E-state index in [1.807, 2.05) is 24.4 Å². The summed E-state index contributed by atoms with van der Waals surface area (Å²) in [6.07, 6.45) is 3.63. The predicted molar refractivity (Wildman–Crippen MR) is 70.2 cm³/mol. The molecule has 0 aromatic carbocycles. The predicted octanol–water partition coefficient (Wildman–Crippen LogP) is 1.85. The van der Waals surface area contributed by atoms with Crippen LogP contribution in [0.4, 0.5) is 0 Å². The Hall–Kier alpha value is -0.420. The summed E-state index contributed by atoms with van der Waals surface area (Å²) >= 11 is 1.59. The number of rotatable bonds is 4. The van der Waals surface area contributed by atoms with Crippen LogP contribution in [0.15, 0.2) is 17.5 Å². The first-order valence-corrected chi connectivity index (χ1v) is 7.14. The minimum atomic E-state index is -0.787. The van der Waals surface area contributed by atoms with Gasteiger partial charge in [-0.2, -0.15) is 0 Å². The number of nitrogens with one attached hydrogen (secondary N) is 1. The Balaban J connectivity index is 1.81. The van der Waals surface area contributed by atoms with Gasteiger partial charge in [-0.3, -0.25) is 0 Å². The molecule has 0 amide bonds. The van der Waals surface area contributed by atoms with E-state index in [4.69, 9.17) is 0 Å². The van der Waals surface area contributed by atoms with Crippen LogP contribution in [0.1, 0.15) is 37.5 Å². The summed E-state index contributed by atoms with van der Waals surface area (Å²) in [6, 6.07) is 4.37. The third kappa shape index (κ3) is 3.52. The van der Waals surface area contributed by atoms with E-state index in [2.05, 4.69) is 5.32 Å². The minimum absolute atomic E-state index is 0.120. The third-order valence-corrected chi connectivity index (χ3v) is 4.61. The summed E-state index contributed by atoms with van der Waals surface area (Å²) < 4.78 is 0. The van der Waals surface area contributed by atoms with E-state index in [1.165, 1.54) is 0 Å². The Morgan fingerprint density at radius 1 is 1.41 bits per heavy atom. The van der Waals surface area contributed by atoms with Gasteiger partial charge >= 0.3 is 0 Å². The molecule has 1 aromatic rings. The molecule has 1 heterocycles. The van der Waals surface area contributed by atoms with Crippen molar-refractivity contribution in [3.63, 3.8) is 0 Å². The maximum absolute atomic E-state index is 10.4. The van der Waals surface area contributed by atoms with Crippen LogP contribution in [-0.2, 0) is 5.60 Å². The second-order valence-electron chi connectivity index (χ2n) is 5.14. The molecule has 0 aliphatic heterocycles. The monoisotopic (exact) mass is 255 g/mol. The van der Waals surface area contributed by atoms with E-state index in [1.54, 1.807) is 11.3 Å². The fourth-order valence-electron chi connectivity index (χ4n) is 2.30. The molecule has 1 aliphatic rings. The lowest BCUT2D eigenvalue weighted by molar-refractivity contribution is 0.0513. The molecule has 2 rings (SSSR count). The van der Waals surface area contributed by atoms with Gasteiger partial charge < -0.3 is 15.5 Å². The highest BCUT2D eigenvalue weighted by molar-refractivity contribution is 7.10. The molecule has 0 bridgehead atoms. The highest BCUT2D eigenvalue weighted by Crippen LogP contribution is 2.25. The van der Waals surface area contributed by atoms with Crippen molar-refractivity contribution in [2.24, 2.45) is 0 Å². The summed E-state index contributed by atoms with van der Waals surface area (Å²) in [7, 11) is 0. The molecule has 1 aliphatic carbocycles. The number of aliphatic hydroxyl groups is 2. The lowest BCUT2D eigenvalue weighted by Gasteiger charge is -2.30. The van der Waals surface area contributed by atoms with Crippen LogP contribution in [0.3, 0.4) is 0 Å². The fraction of sp³-hybridized carbons (Fsp3) is 0.692. The van der Waals surface area contributed by atoms with Gasteiger partial charge in [0.15, 0.2) is 0 Å². The SMILES string of the molecule is C[C@](O)(CNC1CCC(O)CC1)c1cccs1. The van der Waals surface area contributed by atoms with Gasteiger partial charge in [0.1, 0.15) is 5.60 Å². The Morgan fingerprint density at radius 3 is 2.71 bits per heavy atom. The van der Waals surface area contributed by atoms with Crippen molar-refractivity contribution in [3.05, 3.63) is 22.4 Å². The second kappa shape index (κ2) is 5.48. The molecule has 0 radical (unpaired) electrons. The van der Waals surface area contributed by atoms with E-state index in [0.29, 0.717) is 12.6 Å². The first-order chi connectivity index (χ1) is 8.08. The molecular formula is C13H21NO2S. The molecule has 3 N–H and O–H groups in total. The van der Waals surface area contributed by atoms with Gasteiger partial charge in [0, 0.05) is 17.5 Å². The number of hydrogen-bond donors (Lipinski definition) is 3. The van der Waals surface area contributed by atoms with Crippen LogP contribution in [0.25, 0.3) is 0 Å². The largest absolute Gasteiger partial charge is 0.393 e. The average Bonchev–Trinajstić information content (AvgIpc) is 2.82. The topological polar surface area (TPSA) is 52.5 Å². The van der Waals surface area contributed by atoms with Crippen molar-refractivity contribution in [3.8, 4) is 0 Å². The van der Waals surface area contributed by atoms with Gasteiger partial charge in [-0.1, -0.05) is 6.07 Å². The van der Waals surface area contributed by atoms with Crippen molar-refractivity contribution in [1.82, 2.24) is 5.32 Å². The molecule has 3 nitrogen and oxygen atoms in total. The average molecular weight is 255 g/mol. The van der Waals surface area contributed by atoms with Crippen LogP contribution < -0.4 is 5.32 Å². The van der Waals surface area contributed by atoms with Crippen LogP contribution in [0, 0.1) is 0 Å². The standard InChI is InChI=1S/C13H21NO2S/c1-13(16,12-3-2-8-17-12)9-14-10-4-6-11(15)7-5-10/h2-3,8,10-11,14-16H,4-7,9H2,1H3/t10?,11?,13-/m0/s1. The zero-order valence-electron chi connectivity index (χ0n) is 10.2. The van der Waals surface area contributed by atoms with E-state index < -0.39 is 5.60 Å². The third-order valence-electron chi connectivity index (χ3n) is 3.48. The summed E-state index contributed by atoms with van der Waals surface area (Å²) in [4.78, 5) is 1.00. The smallest absolute Gasteiger partial charge is 0.108 e. The van der Waals surface area contributed by atoms with Gasteiger partial charge in [-0.15, -0.1) is 11.3 Å². The quantitative estimate of drug-likeness (QED) is 0.769. The van der Waals surface area contributed by atoms with Crippen molar-refractivity contribution >= 4 is 11.3 Å². The molecule has 1 fully saturated rings. The van der Waals surface area contributed by atoms with Crippen molar-refractivity contribution in [2.45, 2.75) is 50.4 Å². The molecule has 0 unspecified atom stereocenters. The number of aliphatic hydroxyl groups excluding tert-OH is 1. The first-order valence-electron chi connectivity index (χ1n) is 6.26. The van der Waals surface area contributed by atoms with Crippen molar-refractivity contribution < 1.29 is 10.2 Å². The van der Waals surface area contributed by atoms with E-state index in [-0.39, 0.29) is 6.10 Å². The summed E-state index contributed by atoms with van der Waals surface area (Å²) in [5.74, 6) is 0. The van der Waals surface area contributed by atoms with Crippen molar-refractivity contribution in [1.29, 1.82) is 0 Å². The van der Waals surface area contributed by atoms with Crippen LogP contribution in [0.2, 0.25) is 0 Å². The highest BCUT2D eigenvalue weighted by Gasteiger charge is 2.26. The van der Waals surface area contributed by atoms with Crippen LogP contribution in [0.5, 0.6) is 0 Å². The fourth-order valence-corrected chi connectivity index (χ4v) is 3.08. The molecule has 0 saturated heterocycles. The van der Waals surface area contributed by atoms with Gasteiger partial charge in [0.05, 0.1) is 6.10 Å². The second-order valence-corrected chi connectivity index (χ2v) is 6.09. The zero-order valence-corrected chi connectivity index (χ0v) is 11.0. The summed E-state index contributed by atoms with van der Waals surface area (Å²) in [5, 5.41) is 25.2. The Bertz CT molecular complexity index is 329. The lowest BCUT2D eigenvalue weighted by Crippen LogP contribution is -2.42. The lowest BCUT2D eigenvalue weighted by atomic mass is 9.92. The summed E-state index contributed by atoms with van der Waals surface area (Å²) in [5.41, 5.74) is -0.787. The maximum atomic E-state index is 10.4. The Labute approximate surface area is 106 Å². The molecule has 96 valence electrons. The maximum Gasteiger partial charge on any atom is 0.108 e. The normalized spacial score (nSPS) is 28.9. The molecular weight excluding hydrogens is 234 g/mol. The highest BCUT2D eigenvalue weighted by atomic mass is 32.1. The minimum Gasteiger partial charge on any atom is -0.393 e. The number of hydrogen-bond acceptors (Lipinski definition) is 4. The van der Waals surface area contributed by atoms with E-state index in [0.717, 1.165) is 30.6 Å². The van der Waals surface area contributed by atoms with Gasteiger partial charge in [0.2, 0.25) is 0 Å². The number of thiophene rings is 1. The van der Waals surface area contributed by atoms with E-state index >= 15 is 0 Å². The van der Waals surface area contributed by atoms with Crippen molar-refractivity contribution in [2.75, 3.05) is 6.54 Å². The summed E-state index contributed by atoms with van der Waals surface area (Å²) in [6.45, 7) is 2.43. The molecule has 1 aromatic heterocycles. The first kappa shape index (κ1) is 13.0. The molecule has 4 heteroatoms.